The first-order valence-electron chi connectivity index (χ1n) is 9.28. The number of rotatable bonds is 8. The van der Waals surface area contributed by atoms with Gasteiger partial charge in [0.2, 0.25) is 0 Å². The summed E-state index contributed by atoms with van der Waals surface area (Å²) >= 11 is 0. The largest absolute Gasteiger partial charge is 0.493 e. The van der Waals surface area contributed by atoms with Crippen LogP contribution in [0.25, 0.3) is 0 Å². The molecule has 1 atom stereocenters. The van der Waals surface area contributed by atoms with Gasteiger partial charge in [0.15, 0.2) is 17.5 Å². The van der Waals surface area contributed by atoms with Crippen molar-refractivity contribution in [3.8, 4) is 11.5 Å². The summed E-state index contributed by atoms with van der Waals surface area (Å²) in [7, 11) is 6.66. The third-order valence-corrected chi connectivity index (χ3v) is 4.37. The number of halogens is 2. The number of nitrogens with one attached hydrogen (secondary N) is 2. The molecule has 0 saturated carbocycles. The monoisotopic (exact) mass is 406 g/mol. The van der Waals surface area contributed by atoms with E-state index < -0.39 is 17.7 Å². The van der Waals surface area contributed by atoms with Crippen LogP contribution >= 0.6 is 0 Å². The fraction of sp³-hybridized carbons (Fsp3) is 0.381. The lowest BCUT2D eigenvalue weighted by Crippen LogP contribution is -2.32. The Morgan fingerprint density at radius 2 is 1.72 bits per heavy atom. The maximum absolute atomic E-state index is 14.3. The molecule has 2 rings (SSSR count). The molecule has 0 radical (unpaired) electrons. The highest BCUT2D eigenvalue weighted by Gasteiger charge is 2.22. The summed E-state index contributed by atoms with van der Waals surface area (Å²) in [5.41, 5.74) is 0.740. The smallest absolute Gasteiger partial charge is 0.195 e. The second-order valence-electron chi connectivity index (χ2n) is 6.53. The van der Waals surface area contributed by atoms with Gasteiger partial charge >= 0.3 is 0 Å². The van der Waals surface area contributed by atoms with E-state index >= 15 is 0 Å². The van der Waals surface area contributed by atoms with E-state index in [0.29, 0.717) is 24.0 Å². The minimum atomic E-state index is -0.586. The Hall–Kier alpha value is -2.87. The van der Waals surface area contributed by atoms with Crippen molar-refractivity contribution in [2.24, 2.45) is 4.99 Å². The van der Waals surface area contributed by atoms with Gasteiger partial charge in [-0.1, -0.05) is 6.07 Å². The molecular weight excluding hydrogens is 378 g/mol. The van der Waals surface area contributed by atoms with Gasteiger partial charge in [0.05, 0.1) is 26.8 Å². The van der Waals surface area contributed by atoms with Crippen molar-refractivity contribution in [3.63, 3.8) is 0 Å². The van der Waals surface area contributed by atoms with E-state index in [-0.39, 0.29) is 12.1 Å². The van der Waals surface area contributed by atoms with E-state index in [1.807, 2.05) is 13.0 Å². The molecule has 158 valence electrons. The first-order chi connectivity index (χ1) is 13.9. The molecule has 0 bridgehead atoms. The average Bonchev–Trinajstić information content (AvgIpc) is 2.69. The molecule has 8 heteroatoms. The van der Waals surface area contributed by atoms with Crippen LogP contribution in [0.3, 0.4) is 0 Å². The molecule has 1 unspecified atom stereocenters. The van der Waals surface area contributed by atoms with Crippen LogP contribution in [0.5, 0.6) is 11.5 Å². The number of hydrogen-bond acceptors (Lipinski definition) is 4. The summed E-state index contributed by atoms with van der Waals surface area (Å²) in [4.78, 5) is 6.28. The van der Waals surface area contributed by atoms with Crippen molar-refractivity contribution in [1.29, 1.82) is 0 Å². The molecule has 0 aliphatic heterocycles. The maximum Gasteiger partial charge on any atom is 0.195 e. The number of aliphatic imine (C=N–C) groups is 1. The molecule has 0 fully saturated rings. The van der Waals surface area contributed by atoms with Gasteiger partial charge in [-0.05, 0) is 45.3 Å². The zero-order chi connectivity index (χ0) is 21.4. The van der Waals surface area contributed by atoms with E-state index in [2.05, 4.69) is 15.6 Å². The van der Waals surface area contributed by atoms with Crippen LogP contribution in [-0.4, -0.2) is 52.3 Å². The molecule has 2 aromatic rings. The number of anilines is 1. The number of benzene rings is 2. The van der Waals surface area contributed by atoms with Crippen LogP contribution in [-0.2, 0) is 0 Å². The minimum Gasteiger partial charge on any atom is -0.493 e. The van der Waals surface area contributed by atoms with Crippen LogP contribution in [0.2, 0.25) is 0 Å². The predicted molar refractivity (Wildman–Crippen MR) is 112 cm³/mol. The molecule has 2 aromatic carbocycles. The molecule has 29 heavy (non-hydrogen) atoms. The third-order valence-electron chi connectivity index (χ3n) is 4.37. The Labute approximate surface area is 170 Å². The van der Waals surface area contributed by atoms with Gasteiger partial charge in [-0.2, -0.15) is 0 Å². The van der Waals surface area contributed by atoms with Crippen molar-refractivity contribution >= 4 is 11.6 Å². The van der Waals surface area contributed by atoms with Gasteiger partial charge in [-0.15, -0.1) is 0 Å². The summed E-state index contributed by atoms with van der Waals surface area (Å²) < 4.78 is 39.1. The topological polar surface area (TPSA) is 58.1 Å². The molecule has 0 heterocycles. The van der Waals surface area contributed by atoms with E-state index in [4.69, 9.17) is 9.47 Å². The lowest BCUT2D eigenvalue weighted by Gasteiger charge is -2.24. The molecule has 0 aromatic heterocycles. The summed E-state index contributed by atoms with van der Waals surface area (Å²) in [5.74, 6) is 0.507. The highest BCUT2D eigenvalue weighted by molar-refractivity contribution is 5.94. The Morgan fingerprint density at radius 1 is 1.07 bits per heavy atom. The first kappa shape index (κ1) is 22.4. The summed E-state index contributed by atoms with van der Waals surface area (Å²) in [6, 6.07) is 8.70. The first-order valence-corrected chi connectivity index (χ1v) is 9.28. The maximum atomic E-state index is 14.3. The zero-order valence-electron chi connectivity index (χ0n) is 17.4. The molecule has 6 nitrogen and oxygen atoms in total. The number of likely N-dealkylation sites (N-methyl/N-ethyl adjacent to an activating group) is 1. The number of nitrogens with zero attached hydrogens (tertiary/aromatic N) is 2. The second kappa shape index (κ2) is 10.6. The van der Waals surface area contributed by atoms with Gasteiger partial charge in [-0.25, -0.2) is 8.78 Å². The standard InChI is InChI=1S/C21H28F2N4O2/c1-6-24-21(26-14-10-11-18(28-4)19(12-14)29-5)25-13-17(27(2)3)20-15(22)8-7-9-16(20)23/h7-12,17H,6,13H2,1-5H3,(H2,24,25,26). The number of guanidine groups is 1. The molecular formula is C21H28F2N4O2. The van der Waals surface area contributed by atoms with Gasteiger partial charge in [0, 0.05) is 23.9 Å². The molecule has 0 aliphatic carbocycles. The third kappa shape index (κ3) is 5.80. The second-order valence-corrected chi connectivity index (χ2v) is 6.53. The number of methoxy groups -OCH3 is 2. The predicted octanol–water partition coefficient (Wildman–Crippen LogP) is 3.66. The highest BCUT2D eigenvalue weighted by Crippen LogP contribution is 2.30. The molecule has 0 aliphatic rings. The van der Waals surface area contributed by atoms with Gasteiger partial charge in [0.25, 0.3) is 0 Å². The van der Waals surface area contributed by atoms with Crippen molar-refractivity contribution in [2.45, 2.75) is 13.0 Å². The van der Waals surface area contributed by atoms with E-state index in [9.17, 15) is 8.78 Å². The highest BCUT2D eigenvalue weighted by atomic mass is 19.1. The van der Waals surface area contributed by atoms with Crippen LogP contribution in [0.15, 0.2) is 41.4 Å². The van der Waals surface area contributed by atoms with E-state index in [1.165, 1.54) is 18.2 Å². The molecule has 2 N–H and O–H groups in total. The number of ether oxygens (including phenoxy) is 2. The van der Waals surface area contributed by atoms with Gasteiger partial charge in [0.1, 0.15) is 11.6 Å². The summed E-state index contributed by atoms with van der Waals surface area (Å²) in [6.45, 7) is 2.72. The van der Waals surface area contributed by atoms with Crippen molar-refractivity contribution in [2.75, 3.05) is 46.7 Å². The SMILES string of the molecule is CCNC(=NCC(c1c(F)cccc1F)N(C)C)Nc1ccc(OC)c(OC)c1. The fourth-order valence-electron chi connectivity index (χ4n) is 2.88. The fourth-order valence-corrected chi connectivity index (χ4v) is 2.88. The lowest BCUT2D eigenvalue weighted by atomic mass is 10.0. The van der Waals surface area contributed by atoms with E-state index in [0.717, 1.165) is 5.69 Å². The van der Waals surface area contributed by atoms with Crippen LogP contribution in [0.4, 0.5) is 14.5 Å². The van der Waals surface area contributed by atoms with Crippen LogP contribution in [0, 0.1) is 11.6 Å². The van der Waals surface area contributed by atoms with E-state index in [1.54, 1.807) is 45.3 Å². The molecule has 0 saturated heterocycles. The van der Waals surface area contributed by atoms with Crippen molar-refractivity contribution < 1.29 is 18.3 Å². The van der Waals surface area contributed by atoms with Crippen molar-refractivity contribution in [1.82, 2.24) is 10.2 Å². The molecule has 0 amide bonds. The summed E-state index contributed by atoms with van der Waals surface area (Å²) in [6.07, 6.45) is 0. The number of hydrogen-bond donors (Lipinski definition) is 2. The lowest BCUT2D eigenvalue weighted by molar-refractivity contribution is 0.290. The average molecular weight is 406 g/mol. The van der Waals surface area contributed by atoms with Crippen LogP contribution < -0.4 is 20.1 Å². The summed E-state index contributed by atoms with van der Waals surface area (Å²) in [5, 5.41) is 6.31. The van der Waals surface area contributed by atoms with Gasteiger partial charge < -0.3 is 25.0 Å². The minimum absolute atomic E-state index is 0.00298. The van der Waals surface area contributed by atoms with Crippen LogP contribution in [0.1, 0.15) is 18.5 Å². The zero-order valence-corrected chi connectivity index (χ0v) is 17.4. The Kier molecular flexibility index (Phi) is 8.21. The van der Waals surface area contributed by atoms with Crippen molar-refractivity contribution in [3.05, 3.63) is 53.6 Å². The Bertz CT molecular complexity index is 823. The Morgan fingerprint density at radius 3 is 2.28 bits per heavy atom. The quantitative estimate of drug-likeness (QED) is 0.518. The Balaban J connectivity index is 2.27. The normalized spacial score (nSPS) is 12.6. The van der Waals surface area contributed by atoms with Gasteiger partial charge in [-0.3, -0.25) is 4.99 Å². The molecule has 0 spiro atoms.